The molecule has 5 atom stereocenters. The molecule has 0 radical (unpaired) electrons. The third-order valence-electron chi connectivity index (χ3n) is 4.84. The summed E-state index contributed by atoms with van der Waals surface area (Å²) in [4.78, 5) is 0. The highest BCUT2D eigenvalue weighted by Gasteiger charge is 2.44. The van der Waals surface area contributed by atoms with E-state index in [1.54, 1.807) is 24.3 Å². The number of ether oxygens (including phenoxy) is 2. The lowest BCUT2D eigenvalue weighted by atomic mass is 9.96. The Balaban J connectivity index is 1.89. The van der Waals surface area contributed by atoms with Crippen LogP contribution in [-0.2, 0) is 11.2 Å². The lowest BCUT2D eigenvalue weighted by molar-refractivity contribution is -0.277. The van der Waals surface area contributed by atoms with Crippen LogP contribution in [0.4, 0.5) is 4.39 Å². The molecule has 28 heavy (non-hydrogen) atoms. The molecule has 152 valence electrons. The van der Waals surface area contributed by atoms with Crippen LogP contribution in [0.25, 0.3) is 11.1 Å². The fourth-order valence-electron chi connectivity index (χ4n) is 3.34. The molecule has 0 saturated carbocycles. The van der Waals surface area contributed by atoms with Crippen molar-refractivity contribution in [2.75, 3.05) is 6.61 Å². The van der Waals surface area contributed by atoms with E-state index in [1.807, 2.05) is 13.0 Å². The number of benzene rings is 2. The van der Waals surface area contributed by atoms with Gasteiger partial charge in [0.2, 0.25) is 6.29 Å². The molecular formula is C21H25FO6. The molecule has 1 aliphatic rings. The zero-order valence-electron chi connectivity index (χ0n) is 15.5. The second-order valence-corrected chi connectivity index (χ2v) is 6.89. The van der Waals surface area contributed by atoms with E-state index in [-0.39, 0.29) is 5.82 Å². The molecule has 4 N–H and O–H groups in total. The van der Waals surface area contributed by atoms with E-state index in [0.29, 0.717) is 11.3 Å². The van der Waals surface area contributed by atoms with Crippen LogP contribution >= 0.6 is 0 Å². The van der Waals surface area contributed by atoms with Crippen LogP contribution in [0.15, 0.2) is 42.5 Å². The van der Waals surface area contributed by atoms with Crippen LogP contribution in [0.5, 0.6) is 5.75 Å². The lowest BCUT2D eigenvalue weighted by Crippen LogP contribution is -2.60. The summed E-state index contributed by atoms with van der Waals surface area (Å²) < 4.78 is 24.8. The Morgan fingerprint density at radius 1 is 1.04 bits per heavy atom. The fraction of sp³-hybridized carbons (Fsp3) is 0.429. The van der Waals surface area contributed by atoms with E-state index >= 15 is 0 Å². The summed E-state index contributed by atoms with van der Waals surface area (Å²) in [6.45, 7) is 1.52. The number of aliphatic hydroxyl groups is 4. The van der Waals surface area contributed by atoms with Crippen molar-refractivity contribution in [2.24, 2.45) is 0 Å². The van der Waals surface area contributed by atoms with E-state index in [2.05, 4.69) is 0 Å². The standard InChI is InChI=1S/C21H25FO6/c1-2-4-12-7-8-15(10-16(12)13-5-3-6-14(22)9-13)27-21-20(26)19(25)18(24)17(11-23)28-21/h3,5-10,17-21,23-26H,2,4,11H2,1H3/t17-,18-,19+,20-,21?/m1/s1. The van der Waals surface area contributed by atoms with Crippen molar-refractivity contribution in [1.82, 2.24) is 0 Å². The SMILES string of the molecule is CCCc1ccc(OC2O[C@H](CO)[C@@H](O)[C@H](O)[C@H]2O)cc1-c1cccc(F)c1. The zero-order chi connectivity index (χ0) is 20.3. The monoisotopic (exact) mass is 392 g/mol. The molecular weight excluding hydrogens is 367 g/mol. The number of aliphatic hydroxyl groups excluding tert-OH is 4. The minimum absolute atomic E-state index is 0.347. The highest BCUT2D eigenvalue weighted by Crippen LogP contribution is 2.31. The summed E-state index contributed by atoms with van der Waals surface area (Å²) in [5.74, 6) is 0.00338. The number of aryl methyl sites for hydroxylation is 1. The molecule has 1 unspecified atom stereocenters. The van der Waals surface area contributed by atoms with Gasteiger partial charge in [-0.2, -0.15) is 0 Å². The van der Waals surface area contributed by atoms with Gasteiger partial charge in [-0.1, -0.05) is 31.5 Å². The molecule has 1 saturated heterocycles. The van der Waals surface area contributed by atoms with E-state index in [0.717, 1.165) is 24.0 Å². The lowest BCUT2D eigenvalue weighted by Gasteiger charge is -2.39. The number of rotatable bonds is 6. The summed E-state index contributed by atoms with van der Waals surface area (Å²) in [6, 6.07) is 11.5. The Morgan fingerprint density at radius 3 is 2.50 bits per heavy atom. The van der Waals surface area contributed by atoms with Crippen molar-refractivity contribution in [3.05, 3.63) is 53.8 Å². The molecule has 0 aromatic heterocycles. The Hall–Kier alpha value is -2.03. The van der Waals surface area contributed by atoms with Gasteiger partial charge < -0.3 is 29.9 Å². The molecule has 3 rings (SSSR count). The van der Waals surface area contributed by atoms with Crippen molar-refractivity contribution in [3.8, 4) is 16.9 Å². The van der Waals surface area contributed by atoms with Crippen LogP contribution < -0.4 is 4.74 Å². The summed E-state index contributed by atoms with van der Waals surface area (Å²) in [7, 11) is 0. The van der Waals surface area contributed by atoms with Crippen molar-refractivity contribution in [1.29, 1.82) is 0 Å². The minimum atomic E-state index is -1.52. The normalized spacial score (nSPS) is 27.6. The van der Waals surface area contributed by atoms with Gasteiger partial charge in [-0.3, -0.25) is 0 Å². The maximum atomic E-state index is 13.7. The Bertz CT molecular complexity index is 796. The van der Waals surface area contributed by atoms with Crippen molar-refractivity contribution >= 4 is 0 Å². The molecule has 0 aliphatic carbocycles. The topological polar surface area (TPSA) is 99.4 Å². The van der Waals surface area contributed by atoms with Gasteiger partial charge >= 0.3 is 0 Å². The predicted octanol–water partition coefficient (Wildman–Crippen LogP) is 1.62. The molecule has 0 spiro atoms. The van der Waals surface area contributed by atoms with E-state index in [4.69, 9.17) is 9.47 Å². The molecule has 2 aromatic rings. The summed E-state index contributed by atoms with van der Waals surface area (Å²) in [6.07, 6.45) is -5.07. The predicted molar refractivity (Wildman–Crippen MR) is 100 cm³/mol. The van der Waals surface area contributed by atoms with Gasteiger partial charge in [-0.05, 0) is 47.4 Å². The van der Waals surface area contributed by atoms with Gasteiger partial charge in [0.25, 0.3) is 0 Å². The molecule has 7 heteroatoms. The van der Waals surface area contributed by atoms with E-state index in [1.165, 1.54) is 12.1 Å². The first-order valence-corrected chi connectivity index (χ1v) is 9.30. The molecule has 6 nitrogen and oxygen atoms in total. The fourth-order valence-corrected chi connectivity index (χ4v) is 3.34. The Labute approximate surface area is 162 Å². The first-order chi connectivity index (χ1) is 13.4. The quantitative estimate of drug-likeness (QED) is 0.596. The third kappa shape index (κ3) is 4.34. The Kier molecular flexibility index (Phi) is 6.64. The Morgan fingerprint density at radius 2 is 1.82 bits per heavy atom. The molecule has 1 fully saturated rings. The van der Waals surface area contributed by atoms with E-state index in [9.17, 15) is 24.8 Å². The molecule has 1 aliphatic heterocycles. The molecule has 0 bridgehead atoms. The van der Waals surface area contributed by atoms with Crippen LogP contribution in [-0.4, -0.2) is 57.7 Å². The van der Waals surface area contributed by atoms with E-state index < -0.39 is 37.3 Å². The molecule has 2 aromatic carbocycles. The highest BCUT2D eigenvalue weighted by molar-refractivity contribution is 5.69. The van der Waals surface area contributed by atoms with Gasteiger partial charge in [0.1, 0.15) is 36.0 Å². The number of hydrogen-bond acceptors (Lipinski definition) is 6. The van der Waals surface area contributed by atoms with Crippen LogP contribution in [0, 0.1) is 5.82 Å². The average molecular weight is 392 g/mol. The van der Waals surface area contributed by atoms with Crippen molar-refractivity contribution in [3.63, 3.8) is 0 Å². The molecule has 1 heterocycles. The summed E-state index contributed by atoms with van der Waals surface area (Å²) in [5, 5.41) is 39.2. The largest absolute Gasteiger partial charge is 0.462 e. The molecule has 0 amide bonds. The minimum Gasteiger partial charge on any atom is -0.462 e. The van der Waals surface area contributed by atoms with Crippen molar-refractivity contribution in [2.45, 2.75) is 50.5 Å². The first kappa shape index (κ1) is 20.7. The highest BCUT2D eigenvalue weighted by atomic mass is 19.1. The van der Waals surface area contributed by atoms with Crippen LogP contribution in [0.3, 0.4) is 0 Å². The van der Waals surface area contributed by atoms with Crippen LogP contribution in [0.2, 0.25) is 0 Å². The van der Waals surface area contributed by atoms with Gasteiger partial charge in [-0.15, -0.1) is 0 Å². The van der Waals surface area contributed by atoms with Crippen molar-refractivity contribution < 1.29 is 34.3 Å². The maximum Gasteiger partial charge on any atom is 0.229 e. The smallest absolute Gasteiger partial charge is 0.229 e. The van der Waals surface area contributed by atoms with Gasteiger partial charge in [0.15, 0.2) is 0 Å². The number of halogens is 1. The van der Waals surface area contributed by atoms with Gasteiger partial charge in [0.05, 0.1) is 6.61 Å². The van der Waals surface area contributed by atoms with Crippen LogP contribution in [0.1, 0.15) is 18.9 Å². The first-order valence-electron chi connectivity index (χ1n) is 9.30. The summed E-state index contributed by atoms with van der Waals surface area (Å²) in [5.41, 5.74) is 2.51. The van der Waals surface area contributed by atoms with Gasteiger partial charge in [-0.25, -0.2) is 4.39 Å². The summed E-state index contributed by atoms with van der Waals surface area (Å²) >= 11 is 0. The second kappa shape index (κ2) is 8.98. The number of hydrogen-bond donors (Lipinski definition) is 4. The zero-order valence-corrected chi connectivity index (χ0v) is 15.5. The average Bonchev–Trinajstić information content (AvgIpc) is 2.69. The maximum absolute atomic E-state index is 13.7. The second-order valence-electron chi connectivity index (χ2n) is 6.89. The third-order valence-corrected chi connectivity index (χ3v) is 4.84. The van der Waals surface area contributed by atoms with Gasteiger partial charge in [0, 0.05) is 0 Å².